The average molecular weight is 221 g/mol. The normalized spacial score (nSPS) is 25.6. The molecule has 0 saturated carbocycles. The Bertz CT molecular complexity index is 337. The van der Waals surface area contributed by atoms with Crippen molar-refractivity contribution in [1.29, 1.82) is 0 Å². The summed E-state index contributed by atoms with van der Waals surface area (Å²) in [5.41, 5.74) is 2.70. The van der Waals surface area contributed by atoms with E-state index in [1.165, 1.54) is 11.1 Å². The number of hydrogen-bond donors (Lipinski definition) is 1. The fourth-order valence-corrected chi connectivity index (χ4v) is 2.49. The molecule has 16 heavy (non-hydrogen) atoms. The largest absolute Gasteiger partial charge is 0.314 e. The Morgan fingerprint density at radius 2 is 2.06 bits per heavy atom. The molecule has 1 N–H and O–H groups in total. The van der Waals surface area contributed by atoms with Crippen LogP contribution in [-0.2, 0) is 12.8 Å². The standard InChI is InChI=1S/C14H20FN/c1-2-11-5-3-4-6-12(11)9-13-7-8-16-10-14(13)15/h3-6,13-14,16H,2,7-10H2,1H3. The monoisotopic (exact) mass is 221 g/mol. The van der Waals surface area contributed by atoms with Crippen LogP contribution in [0.1, 0.15) is 24.5 Å². The zero-order valence-corrected chi connectivity index (χ0v) is 9.88. The highest BCUT2D eigenvalue weighted by molar-refractivity contribution is 5.27. The van der Waals surface area contributed by atoms with E-state index in [0.29, 0.717) is 6.54 Å². The molecular weight excluding hydrogens is 201 g/mol. The summed E-state index contributed by atoms with van der Waals surface area (Å²) in [4.78, 5) is 0. The zero-order chi connectivity index (χ0) is 11.4. The third-order valence-corrected chi connectivity index (χ3v) is 3.52. The zero-order valence-electron chi connectivity index (χ0n) is 9.88. The lowest BCUT2D eigenvalue weighted by Crippen LogP contribution is -2.39. The van der Waals surface area contributed by atoms with E-state index in [9.17, 15) is 4.39 Å². The van der Waals surface area contributed by atoms with Gasteiger partial charge in [0, 0.05) is 6.54 Å². The van der Waals surface area contributed by atoms with E-state index in [4.69, 9.17) is 0 Å². The summed E-state index contributed by atoms with van der Waals surface area (Å²) < 4.78 is 13.7. The van der Waals surface area contributed by atoms with Crippen LogP contribution in [0.25, 0.3) is 0 Å². The maximum Gasteiger partial charge on any atom is 0.116 e. The molecule has 88 valence electrons. The quantitative estimate of drug-likeness (QED) is 0.827. The maximum atomic E-state index is 13.7. The number of nitrogens with one attached hydrogen (secondary N) is 1. The third kappa shape index (κ3) is 2.62. The van der Waals surface area contributed by atoms with Crippen molar-refractivity contribution in [1.82, 2.24) is 5.32 Å². The molecule has 1 saturated heterocycles. The Labute approximate surface area is 97.1 Å². The van der Waals surface area contributed by atoms with E-state index < -0.39 is 6.17 Å². The van der Waals surface area contributed by atoms with Crippen LogP contribution in [0.15, 0.2) is 24.3 Å². The van der Waals surface area contributed by atoms with Crippen molar-refractivity contribution in [2.24, 2.45) is 5.92 Å². The minimum absolute atomic E-state index is 0.203. The van der Waals surface area contributed by atoms with Crippen molar-refractivity contribution < 1.29 is 4.39 Å². The van der Waals surface area contributed by atoms with Gasteiger partial charge in [0.25, 0.3) is 0 Å². The van der Waals surface area contributed by atoms with Crippen LogP contribution >= 0.6 is 0 Å². The molecule has 1 aliphatic rings. The molecule has 1 aromatic carbocycles. The van der Waals surface area contributed by atoms with E-state index in [-0.39, 0.29) is 5.92 Å². The lowest BCUT2D eigenvalue weighted by atomic mass is 9.87. The topological polar surface area (TPSA) is 12.0 Å². The Hall–Kier alpha value is -0.890. The second-order valence-electron chi connectivity index (χ2n) is 4.60. The molecular formula is C14H20FN. The van der Waals surface area contributed by atoms with Crippen LogP contribution < -0.4 is 5.32 Å². The summed E-state index contributed by atoms with van der Waals surface area (Å²) >= 11 is 0. The van der Waals surface area contributed by atoms with Gasteiger partial charge >= 0.3 is 0 Å². The molecule has 0 spiro atoms. The number of aryl methyl sites for hydroxylation is 1. The fourth-order valence-electron chi connectivity index (χ4n) is 2.49. The average Bonchev–Trinajstić information content (AvgIpc) is 2.33. The Kier molecular flexibility index (Phi) is 3.94. The molecule has 2 rings (SSSR count). The van der Waals surface area contributed by atoms with Gasteiger partial charge in [0.2, 0.25) is 0 Å². The first kappa shape index (κ1) is 11.6. The van der Waals surface area contributed by atoms with E-state index in [0.717, 1.165) is 25.8 Å². The highest BCUT2D eigenvalue weighted by Crippen LogP contribution is 2.23. The molecule has 0 aliphatic carbocycles. The first-order valence-corrected chi connectivity index (χ1v) is 6.22. The summed E-state index contributed by atoms with van der Waals surface area (Å²) in [6.45, 7) is 3.65. The molecule has 1 fully saturated rings. The van der Waals surface area contributed by atoms with Crippen LogP contribution in [0.2, 0.25) is 0 Å². The van der Waals surface area contributed by atoms with Crippen molar-refractivity contribution in [3.05, 3.63) is 35.4 Å². The lowest BCUT2D eigenvalue weighted by Gasteiger charge is -2.27. The van der Waals surface area contributed by atoms with Gasteiger partial charge in [-0.3, -0.25) is 0 Å². The Morgan fingerprint density at radius 1 is 1.31 bits per heavy atom. The SMILES string of the molecule is CCc1ccccc1CC1CCNCC1F. The number of rotatable bonds is 3. The third-order valence-electron chi connectivity index (χ3n) is 3.52. The van der Waals surface area contributed by atoms with Crippen LogP contribution in [0.3, 0.4) is 0 Å². The minimum atomic E-state index is -0.682. The van der Waals surface area contributed by atoms with Crippen LogP contribution in [0.4, 0.5) is 4.39 Å². The van der Waals surface area contributed by atoms with Gasteiger partial charge in [0.15, 0.2) is 0 Å². The van der Waals surface area contributed by atoms with Gasteiger partial charge in [-0.1, -0.05) is 31.2 Å². The van der Waals surface area contributed by atoms with Crippen molar-refractivity contribution >= 4 is 0 Å². The molecule has 0 aromatic heterocycles. The molecule has 1 heterocycles. The van der Waals surface area contributed by atoms with E-state index in [2.05, 4.69) is 36.5 Å². The molecule has 1 aromatic rings. The summed E-state index contributed by atoms with van der Waals surface area (Å²) in [6, 6.07) is 8.43. The molecule has 1 aliphatic heterocycles. The molecule has 2 heteroatoms. The lowest BCUT2D eigenvalue weighted by molar-refractivity contribution is 0.179. The smallest absolute Gasteiger partial charge is 0.116 e. The summed E-state index contributed by atoms with van der Waals surface area (Å²) in [6.07, 6.45) is 2.21. The number of halogens is 1. The van der Waals surface area contributed by atoms with E-state index >= 15 is 0 Å². The second-order valence-corrected chi connectivity index (χ2v) is 4.60. The molecule has 0 radical (unpaired) electrons. The summed E-state index contributed by atoms with van der Waals surface area (Å²) in [7, 11) is 0. The van der Waals surface area contributed by atoms with Crippen molar-refractivity contribution in [3.8, 4) is 0 Å². The molecule has 2 atom stereocenters. The summed E-state index contributed by atoms with van der Waals surface area (Å²) in [5, 5.41) is 3.10. The van der Waals surface area contributed by atoms with Gasteiger partial charge in [-0.25, -0.2) is 4.39 Å². The first-order valence-electron chi connectivity index (χ1n) is 6.22. The first-order chi connectivity index (χ1) is 7.81. The molecule has 0 bridgehead atoms. The van der Waals surface area contributed by atoms with Gasteiger partial charge in [-0.15, -0.1) is 0 Å². The summed E-state index contributed by atoms with van der Waals surface area (Å²) in [5.74, 6) is 0.203. The molecule has 1 nitrogen and oxygen atoms in total. The fraction of sp³-hybridized carbons (Fsp3) is 0.571. The van der Waals surface area contributed by atoms with Gasteiger partial charge < -0.3 is 5.32 Å². The second kappa shape index (κ2) is 5.44. The number of alkyl halides is 1. The van der Waals surface area contributed by atoms with Crippen molar-refractivity contribution in [2.45, 2.75) is 32.4 Å². The Morgan fingerprint density at radius 3 is 2.75 bits per heavy atom. The van der Waals surface area contributed by atoms with E-state index in [1.54, 1.807) is 0 Å². The predicted octanol–water partition coefficient (Wildman–Crippen LogP) is 2.74. The number of hydrogen-bond acceptors (Lipinski definition) is 1. The highest BCUT2D eigenvalue weighted by Gasteiger charge is 2.24. The Balaban J connectivity index is 2.07. The van der Waals surface area contributed by atoms with Crippen molar-refractivity contribution in [3.63, 3.8) is 0 Å². The molecule has 0 amide bonds. The number of benzene rings is 1. The van der Waals surface area contributed by atoms with E-state index in [1.807, 2.05) is 0 Å². The predicted molar refractivity (Wildman–Crippen MR) is 65.4 cm³/mol. The van der Waals surface area contributed by atoms with Gasteiger partial charge in [0.05, 0.1) is 0 Å². The van der Waals surface area contributed by atoms with Crippen molar-refractivity contribution in [2.75, 3.05) is 13.1 Å². The van der Waals surface area contributed by atoms with Gasteiger partial charge in [-0.2, -0.15) is 0 Å². The van der Waals surface area contributed by atoms with Crippen LogP contribution in [-0.4, -0.2) is 19.3 Å². The number of piperidine rings is 1. The maximum absolute atomic E-state index is 13.7. The van der Waals surface area contributed by atoms with Crippen LogP contribution in [0, 0.1) is 5.92 Å². The van der Waals surface area contributed by atoms with Gasteiger partial charge in [0.1, 0.15) is 6.17 Å². The van der Waals surface area contributed by atoms with Gasteiger partial charge in [-0.05, 0) is 42.9 Å². The highest BCUT2D eigenvalue weighted by atomic mass is 19.1. The molecule has 2 unspecified atom stereocenters. The van der Waals surface area contributed by atoms with Crippen LogP contribution in [0.5, 0.6) is 0 Å². The minimum Gasteiger partial charge on any atom is -0.314 e.